The lowest BCUT2D eigenvalue weighted by Crippen LogP contribution is -2.64. The minimum absolute atomic E-state index is 0.0635. The van der Waals surface area contributed by atoms with E-state index in [9.17, 15) is 25.1 Å². The van der Waals surface area contributed by atoms with Gasteiger partial charge in [-0.25, -0.2) is 15.2 Å². The number of benzene rings is 2. The summed E-state index contributed by atoms with van der Waals surface area (Å²) in [5, 5.41) is 33.2. The van der Waals surface area contributed by atoms with Crippen molar-refractivity contribution in [3.63, 3.8) is 0 Å². The van der Waals surface area contributed by atoms with Crippen LogP contribution in [0.3, 0.4) is 0 Å². The summed E-state index contributed by atoms with van der Waals surface area (Å²) in [5.74, 6) is -0.383. The smallest absolute Gasteiger partial charge is 0.426 e. The molecule has 1 amide bonds. The average Bonchev–Trinajstić information content (AvgIpc) is 2.85. The van der Waals surface area contributed by atoms with Gasteiger partial charge in [-0.15, -0.1) is 0 Å². The van der Waals surface area contributed by atoms with Gasteiger partial charge in [0, 0.05) is 16.8 Å². The zero-order valence-electron chi connectivity index (χ0n) is 20.8. The first kappa shape index (κ1) is 26.5. The van der Waals surface area contributed by atoms with Crippen LogP contribution in [-0.2, 0) is 4.74 Å². The molecule has 190 valence electrons. The number of anilines is 1. The summed E-state index contributed by atoms with van der Waals surface area (Å²) in [6.45, 7) is 7.01. The fourth-order valence-corrected chi connectivity index (χ4v) is 4.11. The number of nitrogens with zero attached hydrogens (tertiary/aromatic N) is 3. The van der Waals surface area contributed by atoms with Gasteiger partial charge in [0.1, 0.15) is 11.4 Å². The van der Waals surface area contributed by atoms with Crippen LogP contribution >= 0.6 is 0 Å². The lowest BCUT2D eigenvalue weighted by molar-refractivity contribution is -0.0442. The van der Waals surface area contributed by atoms with E-state index in [0.29, 0.717) is 17.0 Å². The van der Waals surface area contributed by atoms with Gasteiger partial charge in [-0.2, -0.15) is 5.26 Å². The van der Waals surface area contributed by atoms with Gasteiger partial charge in [-0.05, 0) is 67.8 Å². The van der Waals surface area contributed by atoms with Crippen molar-refractivity contribution in [1.29, 1.82) is 5.26 Å². The molecule has 1 heterocycles. The van der Waals surface area contributed by atoms with Gasteiger partial charge in [0.25, 0.3) is 0 Å². The molecule has 36 heavy (non-hydrogen) atoms. The summed E-state index contributed by atoms with van der Waals surface area (Å²) >= 11 is 0. The first-order valence-electron chi connectivity index (χ1n) is 11.4. The van der Waals surface area contributed by atoms with Crippen LogP contribution in [0.25, 0.3) is 0 Å². The van der Waals surface area contributed by atoms with Gasteiger partial charge in [-0.1, -0.05) is 13.8 Å². The number of rotatable bonds is 7. The molecule has 0 radical (unpaired) electrons. The van der Waals surface area contributed by atoms with Gasteiger partial charge in [-0.3, -0.25) is 9.69 Å². The first-order chi connectivity index (χ1) is 17.1. The molecule has 2 aromatic carbocycles. The molecular weight excluding hydrogens is 464 g/mol. The van der Waals surface area contributed by atoms with Crippen molar-refractivity contribution in [2.24, 2.45) is 5.92 Å². The quantitative estimate of drug-likeness (QED) is 0.496. The molecule has 0 bridgehead atoms. The number of nitriles is 1. The maximum atomic E-state index is 13.8. The van der Waals surface area contributed by atoms with Crippen LogP contribution in [0.2, 0.25) is 0 Å². The molecule has 1 aliphatic heterocycles. The largest absolute Gasteiger partial charge is 0.497 e. The minimum Gasteiger partial charge on any atom is -0.497 e. The molecule has 10 nitrogen and oxygen atoms in total. The van der Waals surface area contributed by atoms with Crippen LogP contribution in [0.15, 0.2) is 53.7 Å². The maximum Gasteiger partial charge on any atom is 0.426 e. The highest BCUT2D eigenvalue weighted by Crippen LogP contribution is 2.36. The van der Waals surface area contributed by atoms with Crippen molar-refractivity contribution in [3.05, 3.63) is 70.4 Å². The van der Waals surface area contributed by atoms with E-state index in [1.54, 1.807) is 64.1 Å². The lowest BCUT2D eigenvalue weighted by atomic mass is 9.91. The Balaban J connectivity index is 2.22. The predicted octanol–water partition coefficient (Wildman–Crippen LogP) is 3.05. The van der Waals surface area contributed by atoms with Crippen molar-refractivity contribution in [3.8, 4) is 11.8 Å². The third kappa shape index (κ3) is 5.27. The Hall–Kier alpha value is -4.07. The van der Waals surface area contributed by atoms with Crippen molar-refractivity contribution in [1.82, 2.24) is 10.4 Å². The molecular formula is C26H30N4O6. The van der Waals surface area contributed by atoms with E-state index in [4.69, 9.17) is 9.47 Å². The van der Waals surface area contributed by atoms with E-state index in [2.05, 4.69) is 5.43 Å². The number of ketones is 1. The molecule has 0 saturated carbocycles. The molecule has 2 aromatic rings. The highest BCUT2D eigenvalue weighted by atomic mass is 16.6. The molecule has 10 heteroatoms. The number of carbonyl (C=O) groups is 2. The van der Waals surface area contributed by atoms with E-state index in [1.165, 1.54) is 18.1 Å². The van der Waals surface area contributed by atoms with Crippen LogP contribution in [0, 0.1) is 24.2 Å². The van der Waals surface area contributed by atoms with Crippen LogP contribution in [-0.4, -0.2) is 53.4 Å². The van der Waals surface area contributed by atoms with Crippen LogP contribution in [0.5, 0.6) is 5.75 Å². The molecule has 3 rings (SSSR count). The Morgan fingerprint density at radius 3 is 2.39 bits per heavy atom. The van der Waals surface area contributed by atoms with Gasteiger partial charge >= 0.3 is 6.09 Å². The monoisotopic (exact) mass is 494 g/mol. The predicted molar refractivity (Wildman–Crippen MR) is 132 cm³/mol. The molecule has 0 spiro atoms. The van der Waals surface area contributed by atoms with Gasteiger partial charge in [0.2, 0.25) is 12.1 Å². The lowest BCUT2D eigenvalue weighted by Gasteiger charge is -2.47. The molecule has 1 aliphatic rings. The van der Waals surface area contributed by atoms with Gasteiger partial charge < -0.3 is 19.7 Å². The minimum atomic E-state index is -1.68. The standard InChI is InChI=1S/C26H30N4O6/c1-6-36-25(33)28-30-22(23(31)18-12-16(4)11-17(13-18)14-27)21(15(2)3)24(32)29(26(30)34)19-7-9-20(35-5)10-8-19/h7-13,15,24,26,32,34H,6H2,1-5H3,(H,28,33). The van der Waals surface area contributed by atoms with Crippen molar-refractivity contribution >= 4 is 17.6 Å². The number of hydrogen-bond donors (Lipinski definition) is 3. The molecule has 0 aliphatic carbocycles. The molecule has 0 fully saturated rings. The van der Waals surface area contributed by atoms with Crippen LogP contribution in [0.1, 0.15) is 42.3 Å². The number of hydrogen-bond acceptors (Lipinski definition) is 9. The van der Waals surface area contributed by atoms with Gasteiger partial charge in [0.05, 0.1) is 25.3 Å². The second-order valence-corrected chi connectivity index (χ2v) is 8.51. The zero-order chi connectivity index (χ0) is 26.6. The number of aliphatic hydroxyl groups excluding tert-OH is 2. The average molecular weight is 495 g/mol. The first-order valence-corrected chi connectivity index (χ1v) is 11.4. The van der Waals surface area contributed by atoms with Crippen molar-refractivity contribution < 1.29 is 29.3 Å². The van der Waals surface area contributed by atoms with E-state index >= 15 is 0 Å². The zero-order valence-corrected chi connectivity index (χ0v) is 20.8. The number of aliphatic hydroxyl groups is 2. The fraction of sp³-hybridized carbons (Fsp3) is 0.346. The van der Waals surface area contributed by atoms with E-state index in [1.807, 2.05) is 6.07 Å². The van der Waals surface area contributed by atoms with Crippen LogP contribution < -0.4 is 15.1 Å². The third-order valence-electron chi connectivity index (χ3n) is 5.70. The summed E-state index contributed by atoms with van der Waals surface area (Å²) in [5.41, 5.74) is 4.15. The highest BCUT2D eigenvalue weighted by molar-refractivity contribution is 6.09. The van der Waals surface area contributed by atoms with Crippen LogP contribution in [0.4, 0.5) is 10.5 Å². The summed E-state index contributed by atoms with van der Waals surface area (Å²) in [6, 6.07) is 13.3. The molecule has 2 unspecified atom stereocenters. The summed E-state index contributed by atoms with van der Waals surface area (Å²) in [4.78, 5) is 27.5. The number of amides is 1. The summed E-state index contributed by atoms with van der Waals surface area (Å²) < 4.78 is 10.2. The topological polar surface area (TPSA) is 135 Å². The second kappa shape index (κ2) is 11.1. The number of nitrogens with one attached hydrogen (secondary N) is 1. The second-order valence-electron chi connectivity index (χ2n) is 8.51. The molecule has 3 N–H and O–H groups in total. The summed E-state index contributed by atoms with van der Waals surface area (Å²) in [7, 11) is 1.52. The Morgan fingerprint density at radius 2 is 1.83 bits per heavy atom. The van der Waals surface area contributed by atoms with E-state index < -0.39 is 24.5 Å². The third-order valence-corrected chi connectivity index (χ3v) is 5.70. The van der Waals surface area contributed by atoms with E-state index in [-0.39, 0.29) is 34.9 Å². The molecule has 0 aromatic heterocycles. The van der Waals surface area contributed by atoms with Gasteiger partial charge in [0.15, 0.2) is 6.23 Å². The number of methoxy groups -OCH3 is 1. The highest BCUT2D eigenvalue weighted by Gasteiger charge is 2.44. The summed E-state index contributed by atoms with van der Waals surface area (Å²) in [6.07, 6.45) is -3.98. The molecule has 0 saturated heterocycles. The Bertz CT molecular complexity index is 1200. The Labute approximate surface area is 209 Å². The Morgan fingerprint density at radius 1 is 1.17 bits per heavy atom. The number of ether oxygens (including phenoxy) is 2. The van der Waals surface area contributed by atoms with Crippen molar-refractivity contribution in [2.75, 3.05) is 18.6 Å². The number of Topliss-reactive ketones (excluding diaryl/α,β-unsaturated/α-hetero) is 1. The number of hydrazine groups is 1. The Kier molecular flexibility index (Phi) is 8.19. The number of carbonyl (C=O) groups excluding carboxylic acids is 2. The normalized spacial score (nSPS) is 17.6. The maximum absolute atomic E-state index is 13.8. The SMILES string of the molecule is CCOC(=O)NN1C(C(=O)c2cc(C)cc(C#N)c2)=C(C(C)C)C(O)N(c2ccc(OC)cc2)C1O. The fourth-order valence-electron chi connectivity index (χ4n) is 4.11. The van der Waals surface area contributed by atoms with E-state index in [0.717, 1.165) is 5.01 Å². The number of allylic oxidation sites excluding steroid dienone is 1. The number of aryl methyl sites for hydroxylation is 1. The van der Waals surface area contributed by atoms with Crippen molar-refractivity contribution in [2.45, 2.75) is 40.3 Å². The molecule has 2 atom stereocenters.